The molecule has 0 unspecified atom stereocenters. The molecule has 2 amide bonds. The van der Waals surface area contributed by atoms with Gasteiger partial charge in [-0.25, -0.2) is 4.98 Å². The van der Waals surface area contributed by atoms with Crippen molar-refractivity contribution in [2.24, 2.45) is 5.92 Å². The SMILES string of the molecule is CC(=O)Nc1nc2c(s1)-c1c(c(-c3cccnc3)nn1C1CCC(C(=O)N(C)C)CC1)CC2. The molecule has 1 fully saturated rings. The molecular weight excluding hydrogens is 436 g/mol. The minimum Gasteiger partial charge on any atom is -0.349 e. The Bertz CT molecular complexity index is 1190. The van der Waals surface area contributed by atoms with Crippen molar-refractivity contribution < 1.29 is 9.59 Å². The summed E-state index contributed by atoms with van der Waals surface area (Å²) in [5.41, 5.74) is 5.35. The maximum absolute atomic E-state index is 12.5. The van der Waals surface area contributed by atoms with Crippen molar-refractivity contribution in [2.45, 2.75) is 51.5 Å². The first-order valence-electron chi connectivity index (χ1n) is 11.4. The Balaban J connectivity index is 1.55. The van der Waals surface area contributed by atoms with Gasteiger partial charge in [0, 0.05) is 50.5 Å². The van der Waals surface area contributed by atoms with E-state index in [9.17, 15) is 9.59 Å². The number of amides is 2. The fraction of sp³-hybridized carbons (Fsp3) is 0.458. The first-order valence-corrected chi connectivity index (χ1v) is 12.2. The number of anilines is 1. The molecule has 5 rings (SSSR count). The van der Waals surface area contributed by atoms with Gasteiger partial charge in [0.2, 0.25) is 11.8 Å². The van der Waals surface area contributed by atoms with Crippen molar-refractivity contribution in [3.63, 3.8) is 0 Å². The summed E-state index contributed by atoms with van der Waals surface area (Å²) in [5.74, 6) is 0.192. The Labute approximate surface area is 197 Å². The van der Waals surface area contributed by atoms with Crippen molar-refractivity contribution in [1.29, 1.82) is 0 Å². The lowest BCUT2D eigenvalue weighted by atomic mass is 9.85. The molecule has 0 radical (unpaired) electrons. The van der Waals surface area contributed by atoms with Gasteiger partial charge in [-0.2, -0.15) is 5.10 Å². The third-order valence-electron chi connectivity index (χ3n) is 6.58. The van der Waals surface area contributed by atoms with Crippen LogP contribution in [0.3, 0.4) is 0 Å². The number of aryl methyl sites for hydroxylation is 1. The molecule has 8 nitrogen and oxygen atoms in total. The smallest absolute Gasteiger partial charge is 0.225 e. The molecule has 0 aromatic carbocycles. The Morgan fingerprint density at radius 3 is 2.64 bits per heavy atom. The van der Waals surface area contributed by atoms with E-state index in [1.807, 2.05) is 26.4 Å². The Morgan fingerprint density at radius 2 is 1.97 bits per heavy atom. The number of hydrogen-bond acceptors (Lipinski definition) is 6. The van der Waals surface area contributed by atoms with E-state index in [2.05, 4.69) is 21.0 Å². The third-order valence-corrected chi connectivity index (χ3v) is 7.60. The Kier molecular flexibility index (Phi) is 5.74. The number of aromatic nitrogens is 4. The predicted molar refractivity (Wildman–Crippen MR) is 128 cm³/mol. The van der Waals surface area contributed by atoms with Crippen LogP contribution in [0, 0.1) is 5.92 Å². The zero-order valence-electron chi connectivity index (χ0n) is 19.2. The molecule has 3 aromatic heterocycles. The van der Waals surface area contributed by atoms with E-state index in [-0.39, 0.29) is 23.8 Å². The number of hydrogen-bond donors (Lipinski definition) is 1. The molecule has 0 bridgehead atoms. The summed E-state index contributed by atoms with van der Waals surface area (Å²) in [6.07, 6.45) is 8.87. The van der Waals surface area contributed by atoms with Crippen LogP contribution < -0.4 is 5.32 Å². The maximum atomic E-state index is 12.5. The van der Waals surface area contributed by atoms with E-state index in [0.29, 0.717) is 5.13 Å². The highest BCUT2D eigenvalue weighted by atomic mass is 32.1. The van der Waals surface area contributed by atoms with Crippen LogP contribution in [0.25, 0.3) is 21.8 Å². The normalized spacial score (nSPS) is 19.5. The van der Waals surface area contributed by atoms with E-state index in [4.69, 9.17) is 10.1 Å². The highest BCUT2D eigenvalue weighted by Crippen LogP contribution is 2.46. The molecule has 3 heterocycles. The number of carbonyl (C=O) groups is 2. The average Bonchev–Trinajstić information content (AvgIpc) is 3.39. The van der Waals surface area contributed by atoms with Crippen molar-refractivity contribution in [1.82, 2.24) is 24.6 Å². The second kappa shape index (κ2) is 8.70. The number of pyridine rings is 1. The first-order chi connectivity index (χ1) is 15.9. The lowest BCUT2D eigenvalue weighted by Crippen LogP contribution is -2.33. The predicted octanol–water partition coefficient (Wildman–Crippen LogP) is 3.95. The first kappa shape index (κ1) is 21.8. The van der Waals surface area contributed by atoms with Gasteiger partial charge in [0.1, 0.15) is 0 Å². The number of nitrogens with one attached hydrogen (secondary N) is 1. The lowest BCUT2D eigenvalue weighted by molar-refractivity contribution is -0.134. The van der Waals surface area contributed by atoms with Gasteiger partial charge < -0.3 is 10.2 Å². The van der Waals surface area contributed by atoms with E-state index in [1.54, 1.807) is 11.1 Å². The molecule has 3 aromatic rings. The standard InChI is InChI=1S/C24H28N6O2S/c1-14(31)26-24-27-19-11-10-18-20(16-5-4-12-25-13-16)28-30(21(18)22(19)33-24)17-8-6-15(7-9-17)23(32)29(2)3/h4-5,12-13,15,17H,6-11H2,1-3H3,(H,26,27,31). The Morgan fingerprint density at radius 1 is 1.18 bits per heavy atom. The number of nitrogens with zero attached hydrogens (tertiary/aromatic N) is 5. The van der Waals surface area contributed by atoms with E-state index in [1.165, 1.54) is 23.8 Å². The number of fused-ring (bicyclic) bond motifs is 3. The van der Waals surface area contributed by atoms with Crippen molar-refractivity contribution in [3.8, 4) is 21.8 Å². The number of carbonyl (C=O) groups excluding carboxylic acids is 2. The molecule has 2 aliphatic carbocycles. The van der Waals surface area contributed by atoms with Crippen LogP contribution in [-0.4, -0.2) is 50.6 Å². The lowest BCUT2D eigenvalue weighted by Gasteiger charge is -2.30. The zero-order chi connectivity index (χ0) is 23.1. The van der Waals surface area contributed by atoms with Gasteiger partial charge in [-0.3, -0.25) is 19.3 Å². The van der Waals surface area contributed by atoms with Crippen LogP contribution in [0.5, 0.6) is 0 Å². The van der Waals surface area contributed by atoms with Gasteiger partial charge in [0.25, 0.3) is 0 Å². The summed E-state index contributed by atoms with van der Waals surface area (Å²) in [6.45, 7) is 1.50. The zero-order valence-corrected chi connectivity index (χ0v) is 20.0. The van der Waals surface area contributed by atoms with E-state index < -0.39 is 0 Å². The van der Waals surface area contributed by atoms with E-state index >= 15 is 0 Å². The summed E-state index contributed by atoms with van der Waals surface area (Å²) < 4.78 is 2.18. The molecule has 33 heavy (non-hydrogen) atoms. The molecule has 1 N–H and O–H groups in total. The van der Waals surface area contributed by atoms with Gasteiger partial charge >= 0.3 is 0 Å². The minimum absolute atomic E-state index is 0.0887. The summed E-state index contributed by atoms with van der Waals surface area (Å²) in [7, 11) is 3.66. The highest BCUT2D eigenvalue weighted by molar-refractivity contribution is 7.19. The number of thiazole rings is 1. The van der Waals surface area contributed by atoms with Gasteiger partial charge in [0.05, 0.1) is 28.0 Å². The molecule has 9 heteroatoms. The second-order valence-electron chi connectivity index (χ2n) is 9.08. The van der Waals surface area contributed by atoms with Crippen LogP contribution in [0.15, 0.2) is 24.5 Å². The summed E-state index contributed by atoms with van der Waals surface area (Å²) >= 11 is 1.52. The van der Waals surface area contributed by atoms with Gasteiger partial charge in [-0.1, -0.05) is 11.3 Å². The molecule has 0 aliphatic heterocycles. The molecule has 1 saturated carbocycles. The fourth-order valence-corrected chi connectivity index (χ4v) is 6.15. The summed E-state index contributed by atoms with van der Waals surface area (Å²) in [4.78, 5) is 35.9. The highest BCUT2D eigenvalue weighted by Gasteiger charge is 2.34. The van der Waals surface area contributed by atoms with Crippen LogP contribution in [0.2, 0.25) is 0 Å². The fourth-order valence-electron chi connectivity index (χ4n) is 5.03. The average molecular weight is 465 g/mol. The van der Waals surface area contributed by atoms with Crippen LogP contribution in [-0.2, 0) is 22.4 Å². The Hall–Kier alpha value is -3.07. The summed E-state index contributed by atoms with van der Waals surface area (Å²) in [5, 5.41) is 8.61. The quantitative estimate of drug-likeness (QED) is 0.631. The van der Waals surface area contributed by atoms with E-state index in [0.717, 1.165) is 66.0 Å². The van der Waals surface area contributed by atoms with Crippen LogP contribution in [0.1, 0.15) is 49.9 Å². The van der Waals surface area contributed by atoms with Crippen LogP contribution in [0.4, 0.5) is 5.13 Å². The van der Waals surface area contributed by atoms with Crippen molar-refractivity contribution >= 4 is 28.3 Å². The topological polar surface area (TPSA) is 93.0 Å². The maximum Gasteiger partial charge on any atom is 0.225 e. The van der Waals surface area contributed by atoms with Crippen molar-refractivity contribution in [2.75, 3.05) is 19.4 Å². The third kappa shape index (κ3) is 4.06. The number of rotatable bonds is 4. The largest absolute Gasteiger partial charge is 0.349 e. The molecule has 0 saturated heterocycles. The van der Waals surface area contributed by atoms with Crippen LogP contribution >= 0.6 is 11.3 Å². The molecular formula is C24H28N6O2S. The van der Waals surface area contributed by atoms with Gasteiger partial charge in [-0.05, 0) is 50.7 Å². The second-order valence-corrected chi connectivity index (χ2v) is 10.1. The van der Waals surface area contributed by atoms with Gasteiger partial charge in [0.15, 0.2) is 5.13 Å². The summed E-state index contributed by atoms with van der Waals surface area (Å²) in [6, 6.07) is 4.22. The van der Waals surface area contributed by atoms with Crippen molar-refractivity contribution in [3.05, 3.63) is 35.8 Å². The monoisotopic (exact) mass is 464 g/mol. The van der Waals surface area contributed by atoms with Gasteiger partial charge in [-0.15, -0.1) is 0 Å². The molecule has 2 aliphatic rings. The molecule has 0 spiro atoms. The molecule has 172 valence electrons. The minimum atomic E-state index is -0.116. The molecule has 0 atom stereocenters.